The number of hydrogen-bond donors (Lipinski definition) is 1. The quantitative estimate of drug-likeness (QED) is 0.183. The van der Waals surface area contributed by atoms with Crippen molar-refractivity contribution in [3.8, 4) is 35.6 Å². The molecule has 2 aliphatic carbocycles. The zero-order valence-electron chi connectivity index (χ0n) is 26.8. The van der Waals surface area contributed by atoms with Crippen molar-refractivity contribution in [1.82, 2.24) is 19.4 Å². The molecule has 254 valence electrons. The van der Waals surface area contributed by atoms with Crippen molar-refractivity contribution in [2.75, 3.05) is 13.1 Å². The van der Waals surface area contributed by atoms with Crippen LogP contribution in [0.2, 0.25) is 0 Å². The molecular weight excluding hydrogens is 649 g/mol. The number of carbonyl (C=O) groups is 1. The fourth-order valence-corrected chi connectivity index (χ4v) is 6.55. The maximum atomic E-state index is 15.5. The summed E-state index contributed by atoms with van der Waals surface area (Å²) in [6, 6.07) is 13.7. The molecule has 0 amide bonds. The molecule has 3 aliphatic rings. The predicted octanol–water partition coefficient (Wildman–Crippen LogP) is 5.84. The van der Waals surface area contributed by atoms with Gasteiger partial charge in [-0.15, -0.1) is 0 Å². The molecule has 7 rings (SSSR count). The Bertz CT molecular complexity index is 2130. The lowest BCUT2D eigenvalue weighted by Crippen LogP contribution is -2.38. The third-order valence-electron chi connectivity index (χ3n) is 9.67. The Hall–Kier alpha value is -5.58. The first-order valence-corrected chi connectivity index (χ1v) is 16.3. The average Bonchev–Trinajstić information content (AvgIpc) is 3.75. The highest BCUT2D eigenvalue weighted by molar-refractivity contribution is 5.81. The standard InChI is InChI=1S/C37H31F3N6O4/c38-27-4-6-34(43-30(27)20-49-32-5-1-22(18-42)15-28(32)39)50-24-7-13-45(14-8-24)19-33-44-35-29(40)16-23(25-2-3-26(25)36(47)48)17-31(35)46(33)21-37(9-10-37)11-12-41/h1,4-6,15-17,24-26H,7-11,13-14,19-21H2,(H,47,48). The molecule has 1 saturated carbocycles. The van der Waals surface area contributed by atoms with Crippen LogP contribution in [0.15, 0.2) is 42.5 Å². The minimum absolute atomic E-state index is 0.0503. The molecule has 10 nitrogen and oxygen atoms in total. The van der Waals surface area contributed by atoms with Crippen molar-refractivity contribution >= 4 is 17.0 Å². The molecule has 13 heteroatoms. The maximum absolute atomic E-state index is 15.5. The number of imidazole rings is 1. The zero-order chi connectivity index (χ0) is 35.0. The van der Waals surface area contributed by atoms with Crippen LogP contribution >= 0.6 is 0 Å². The molecule has 1 saturated heterocycles. The molecule has 50 heavy (non-hydrogen) atoms. The summed E-state index contributed by atoms with van der Waals surface area (Å²) < 4.78 is 57.8. The van der Waals surface area contributed by atoms with Crippen molar-refractivity contribution in [2.24, 2.45) is 11.3 Å². The number of rotatable bonds is 12. The number of likely N-dealkylation sites (tertiary alicyclic amines) is 1. The molecule has 2 aromatic heterocycles. The number of ether oxygens (including phenoxy) is 2. The number of piperidine rings is 1. The van der Waals surface area contributed by atoms with Gasteiger partial charge < -0.3 is 19.1 Å². The van der Waals surface area contributed by atoms with Gasteiger partial charge in [-0.3, -0.25) is 9.69 Å². The minimum atomic E-state index is -1.04. The highest BCUT2D eigenvalue weighted by Crippen LogP contribution is 2.50. The summed E-state index contributed by atoms with van der Waals surface area (Å²) in [5, 5.41) is 27.9. The molecule has 1 N–H and O–H groups in total. The van der Waals surface area contributed by atoms with E-state index >= 15 is 4.39 Å². The Morgan fingerprint density at radius 2 is 1.82 bits per heavy atom. The normalized spacial score (nSPS) is 19.5. The first kappa shape index (κ1) is 32.9. The minimum Gasteiger partial charge on any atom is -0.484 e. The molecule has 2 unspecified atom stereocenters. The van der Waals surface area contributed by atoms with Gasteiger partial charge in [0.2, 0.25) is 5.88 Å². The van der Waals surface area contributed by atoms with Crippen molar-refractivity contribution in [2.45, 2.75) is 63.8 Å². The lowest BCUT2D eigenvalue weighted by molar-refractivity contribution is -0.140. The molecule has 0 spiro atoms. The number of fused-ring (bicyclic) bond motifs is 1. The van der Waals surface area contributed by atoms with Crippen LogP contribution in [0, 0.1) is 63.3 Å². The molecule has 3 heterocycles. The summed E-state index contributed by atoms with van der Waals surface area (Å²) in [4.78, 5) is 22.8. The van der Waals surface area contributed by atoms with E-state index in [4.69, 9.17) is 19.7 Å². The average molecular weight is 681 g/mol. The summed E-state index contributed by atoms with van der Waals surface area (Å²) in [5.41, 5.74) is 1.17. The molecule has 2 aromatic carbocycles. The number of benzene rings is 2. The first-order valence-electron chi connectivity index (χ1n) is 16.3. The van der Waals surface area contributed by atoms with Gasteiger partial charge in [-0.05, 0) is 67.6 Å². The number of pyridine rings is 1. The molecule has 0 radical (unpaired) electrons. The van der Waals surface area contributed by atoms with Crippen LogP contribution in [0.1, 0.15) is 60.7 Å². The highest BCUT2D eigenvalue weighted by Gasteiger charge is 2.44. The number of halogens is 3. The fourth-order valence-electron chi connectivity index (χ4n) is 6.55. The fraction of sp³-hybridized carbons (Fsp3) is 0.378. The van der Waals surface area contributed by atoms with Gasteiger partial charge in [-0.25, -0.2) is 23.1 Å². The van der Waals surface area contributed by atoms with Crippen LogP contribution in [-0.4, -0.2) is 49.7 Å². The van der Waals surface area contributed by atoms with Crippen molar-refractivity contribution in [3.05, 3.63) is 82.6 Å². The van der Waals surface area contributed by atoms with Gasteiger partial charge >= 0.3 is 5.97 Å². The Kier molecular flexibility index (Phi) is 8.81. The summed E-state index contributed by atoms with van der Waals surface area (Å²) in [6.45, 7) is 1.88. The summed E-state index contributed by atoms with van der Waals surface area (Å²) in [7, 11) is 0. The second-order valence-corrected chi connectivity index (χ2v) is 13.1. The van der Waals surface area contributed by atoms with Crippen LogP contribution < -0.4 is 9.47 Å². The van der Waals surface area contributed by atoms with Crippen molar-refractivity contribution in [1.29, 1.82) is 10.5 Å². The zero-order valence-corrected chi connectivity index (χ0v) is 26.8. The van der Waals surface area contributed by atoms with Gasteiger partial charge in [0, 0.05) is 37.5 Å². The van der Waals surface area contributed by atoms with Crippen LogP contribution in [-0.2, 0) is 24.5 Å². The molecule has 2 fully saturated rings. The van der Waals surface area contributed by atoms with Gasteiger partial charge in [0.15, 0.2) is 17.4 Å². The third kappa shape index (κ3) is 6.67. The van der Waals surface area contributed by atoms with Gasteiger partial charge in [0.1, 0.15) is 41.5 Å². The summed E-state index contributed by atoms with van der Waals surface area (Å²) >= 11 is 0. The van der Waals surface area contributed by atoms with E-state index in [0.29, 0.717) is 62.3 Å². The number of carboxylic acid groups (broad SMARTS) is 1. The van der Waals surface area contributed by atoms with Crippen molar-refractivity contribution < 1.29 is 32.5 Å². The number of aliphatic carboxylic acids is 1. The molecule has 2 atom stereocenters. The Balaban J connectivity index is 1.03. The maximum Gasteiger partial charge on any atom is 0.320 e. The number of carboxylic acids is 1. The first-order chi connectivity index (χ1) is 24.1. The SMILES string of the molecule is N#CCC1(Cn2c(CN3CCC(Oc4ccc(F)c(COc5ccc(C#N)cc5F)n4)CC3)nc3c(F)cc(C4C#CC4C(=O)O)cc32)CC1. The predicted molar refractivity (Wildman–Crippen MR) is 172 cm³/mol. The smallest absolute Gasteiger partial charge is 0.320 e. The molecule has 0 bridgehead atoms. The Labute approximate surface area is 285 Å². The Morgan fingerprint density at radius 3 is 2.48 bits per heavy atom. The molecular formula is C37H31F3N6O4. The van der Waals surface area contributed by atoms with Gasteiger partial charge in [-0.2, -0.15) is 10.5 Å². The monoisotopic (exact) mass is 680 g/mol. The van der Waals surface area contributed by atoms with E-state index in [9.17, 15) is 23.9 Å². The molecule has 4 aromatic rings. The van der Waals surface area contributed by atoms with Crippen LogP contribution in [0.25, 0.3) is 11.0 Å². The number of hydrogen-bond acceptors (Lipinski definition) is 8. The van der Waals surface area contributed by atoms with Gasteiger partial charge in [0.25, 0.3) is 0 Å². The second kappa shape index (κ2) is 13.4. The topological polar surface area (TPSA) is 137 Å². The van der Waals surface area contributed by atoms with Crippen LogP contribution in [0.4, 0.5) is 13.2 Å². The number of nitrogens with zero attached hydrogens (tertiary/aromatic N) is 6. The number of nitriles is 2. The summed E-state index contributed by atoms with van der Waals surface area (Å²) in [5.74, 6) is 1.83. The second-order valence-electron chi connectivity index (χ2n) is 13.1. The highest BCUT2D eigenvalue weighted by atomic mass is 19.1. The van der Waals surface area contributed by atoms with Crippen LogP contribution in [0.5, 0.6) is 11.6 Å². The van der Waals surface area contributed by atoms with Crippen LogP contribution in [0.3, 0.4) is 0 Å². The molecule has 1 aliphatic heterocycles. The largest absolute Gasteiger partial charge is 0.484 e. The van der Waals surface area contributed by atoms with Gasteiger partial charge in [-0.1, -0.05) is 11.8 Å². The Morgan fingerprint density at radius 1 is 1.02 bits per heavy atom. The van der Waals surface area contributed by atoms with Gasteiger partial charge in [0.05, 0.1) is 35.7 Å². The van der Waals surface area contributed by atoms with E-state index in [1.165, 1.54) is 30.3 Å². The van der Waals surface area contributed by atoms with E-state index < -0.39 is 35.3 Å². The summed E-state index contributed by atoms with van der Waals surface area (Å²) in [6.07, 6.45) is 3.22. The number of aromatic nitrogens is 3. The van der Waals surface area contributed by atoms with E-state index in [1.54, 1.807) is 6.07 Å². The lowest BCUT2D eigenvalue weighted by atomic mass is 9.80. The van der Waals surface area contributed by atoms with E-state index in [2.05, 4.69) is 27.8 Å². The van der Waals surface area contributed by atoms with Crippen molar-refractivity contribution in [3.63, 3.8) is 0 Å². The van der Waals surface area contributed by atoms with E-state index in [0.717, 1.165) is 18.9 Å². The van der Waals surface area contributed by atoms with E-state index in [-0.39, 0.29) is 46.5 Å². The third-order valence-corrected chi connectivity index (χ3v) is 9.67. The van der Waals surface area contributed by atoms with E-state index in [1.807, 2.05) is 10.6 Å². The lowest BCUT2D eigenvalue weighted by Gasteiger charge is -2.32.